The molecule has 0 aromatic carbocycles. The zero-order valence-corrected chi connectivity index (χ0v) is 29.6. The van der Waals surface area contributed by atoms with Gasteiger partial charge >= 0.3 is 19.8 Å². The lowest BCUT2D eigenvalue weighted by molar-refractivity contribution is -0.160. The molecule has 264 valence electrons. The van der Waals surface area contributed by atoms with Gasteiger partial charge in [0.2, 0.25) is 0 Å². The van der Waals surface area contributed by atoms with Crippen molar-refractivity contribution in [3.05, 3.63) is 60.8 Å². The highest BCUT2D eigenvalue weighted by Crippen LogP contribution is 2.35. The summed E-state index contributed by atoms with van der Waals surface area (Å²) >= 11 is 0. The molecular formula is C37H63O8P. The summed E-state index contributed by atoms with van der Waals surface area (Å²) in [6, 6.07) is 0. The second-order valence-corrected chi connectivity index (χ2v) is 12.7. The molecule has 2 N–H and O–H groups in total. The van der Waals surface area contributed by atoms with Crippen molar-refractivity contribution in [1.29, 1.82) is 0 Å². The fourth-order valence-electron chi connectivity index (χ4n) is 4.51. The van der Waals surface area contributed by atoms with Crippen LogP contribution >= 0.6 is 7.82 Å². The second-order valence-electron chi connectivity index (χ2n) is 11.5. The molecule has 0 saturated heterocycles. The molecule has 0 saturated carbocycles. The van der Waals surface area contributed by atoms with Crippen LogP contribution in [-0.4, -0.2) is 41.0 Å². The Balaban J connectivity index is 4.15. The number of phosphoric acid groups is 1. The predicted octanol–water partition coefficient (Wildman–Crippen LogP) is 10.2. The second kappa shape index (κ2) is 32.7. The van der Waals surface area contributed by atoms with E-state index in [1.807, 2.05) is 12.2 Å². The summed E-state index contributed by atoms with van der Waals surface area (Å²) in [5.74, 6) is -1.04. The Morgan fingerprint density at radius 1 is 0.587 bits per heavy atom. The van der Waals surface area contributed by atoms with Crippen LogP contribution in [0.4, 0.5) is 0 Å². The Hall–Kier alpha value is -2.25. The molecule has 1 unspecified atom stereocenters. The molecule has 9 heteroatoms. The van der Waals surface area contributed by atoms with Crippen molar-refractivity contribution >= 4 is 19.8 Å². The van der Waals surface area contributed by atoms with Gasteiger partial charge in [0.25, 0.3) is 0 Å². The average molecular weight is 667 g/mol. The van der Waals surface area contributed by atoms with Crippen molar-refractivity contribution in [1.82, 2.24) is 0 Å². The van der Waals surface area contributed by atoms with Crippen molar-refractivity contribution in [3.8, 4) is 0 Å². The van der Waals surface area contributed by atoms with Crippen LogP contribution in [0, 0.1) is 0 Å². The number of esters is 2. The Morgan fingerprint density at radius 3 is 1.48 bits per heavy atom. The maximum atomic E-state index is 12.3. The molecule has 0 bridgehead atoms. The van der Waals surface area contributed by atoms with Gasteiger partial charge in [0.05, 0.1) is 13.0 Å². The van der Waals surface area contributed by atoms with E-state index in [0.717, 1.165) is 38.5 Å². The molecule has 0 amide bonds. The largest absolute Gasteiger partial charge is 0.469 e. The van der Waals surface area contributed by atoms with Gasteiger partial charge in [-0.3, -0.25) is 14.1 Å². The molecule has 0 aromatic heterocycles. The van der Waals surface area contributed by atoms with Gasteiger partial charge in [-0.25, -0.2) is 4.57 Å². The summed E-state index contributed by atoms with van der Waals surface area (Å²) in [6.45, 7) is 3.46. The van der Waals surface area contributed by atoms with Crippen molar-refractivity contribution in [2.24, 2.45) is 0 Å². The van der Waals surface area contributed by atoms with Gasteiger partial charge in [0, 0.05) is 6.42 Å². The molecule has 0 aliphatic heterocycles. The summed E-state index contributed by atoms with van der Waals surface area (Å²) in [7, 11) is -4.77. The van der Waals surface area contributed by atoms with Gasteiger partial charge < -0.3 is 19.3 Å². The highest BCUT2D eigenvalue weighted by Gasteiger charge is 2.22. The van der Waals surface area contributed by atoms with Gasteiger partial charge in [0.15, 0.2) is 6.10 Å². The van der Waals surface area contributed by atoms with Crippen molar-refractivity contribution in [2.45, 2.75) is 148 Å². The molecule has 0 aliphatic carbocycles. The van der Waals surface area contributed by atoms with Gasteiger partial charge in [-0.1, -0.05) is 152 Å². The van der Waals surface area contributed by atoms with E-state index in [4.69, 9.17) is 19.3 Å². The Kier molecular flexibility index (Phi) is 31.1. The van der Waals surface area contributed by atoms with Crippen LogP contribution in [0.2, 0.25) is 0 Å². The summed E-state index contributed by atoms with van der Waals surface area (Å²) < 4.78 is 26.1. The number of carbonyl (C=O) groups excluding carboxylic acids is 2. The van der Waals surface area contributed by atoms with Gasteiger partial charge in [-0.2, -0.15) is 0 Å². The van der Waals surface area contributed by atoms with Crippen LogP contribution in [0.1, 0.15) is 142 Å². The van der Waals surface area contributed by atoms with E-state index >= 15 is 0 Å². The van der Waals surface area contributed by atoms with E-state index in [1.54, 1.807) is 6.08 Å². The number of phosphoric ester groups is 1. The molecule has 0 aromatic rings. The normalized spacial score (nSPS) is 13.2. The van der Waals surface area contributed by atoms with E-state index in [0.29, 0.717) is 12.8 Å². The Morgan fingerprint density at radius 2 is 1.02 bits per heavy atom. The van der Waals surface area contributed by atoms with E-state index < -0.39 is 32.5 Å². The lowest BCUT2D eigenvalue weighted by atomic mass is 10.0. The third-order valence-corrected chi connectivity index (χ3v) is 7.57. The smallest absolute Gasteiger partial charge is 0.462 e. The van der Waals surface area contributed by atoms with Crippen LogP contribution in [0.5, 0.6) is 0 Å². The predicted molar refractivity (Wildman–Crippen MR) is 188 cm³/mol. The zero-order chi connectivity index (χ0) is 34.0. The molecule has 0 fully saturated rings. The number of carbonyl (C=O) groups is 2. The first-order valence-electron chi connectivity index (χ1n) is 17.6. The van der Waals surface area contributed by atoms with E-state index in [2.05, 4.69) is 60.9 Å². The lowest BCUT2D eigenvalue weighted by Gasteiger charge is -2.18. The third kappa shape index (κ3) is 34.6. The van der Waals surface area contributed by atoms with Crippen LogP contribution < -0.4 is 0 Å². The molecule has 0 radical (unpaired) electrons. The summed E-state index contributed by atoms with van der Waals surface area (Å²) in [6.07, 6.45) is 39.7. The third-order valence-electron chi connectivity index (χ3n) is 7.08. The lowest BCUT2D eigenvalue weighted by Crippen LogP contribution is -2.29. The maximum Gasteiger partial charge on any atom is 0.469 e. The minimum absolute atomic E-state index is 0.0210. The molecular weight excluding hydrogens is 603 g/mol. The average Bonchev–Trinajstić information content (AvgIpc) is 3.02. The van der Waals surface area contributed by atoms with E-state index in [-0.39, 0.29) is 19.4 Å². The molecule has 46 heavy (non-hydrogen) atoms. The van der Waals surface area contributed by atoms with Crippen LogP contribution in [-0.2, 0) is 28.2 Å². The fourth-order valence-corrected chi connectivity index (χ4v) is 4.87. The van der Waals surface area contributed by atoms with E-state index in [9.17, 15) is 14.2 Å². The minimum Gasteiger partial charge on any atom is -0.462 e. The van der Waals surface area contributed by atoms with Crippen molar-refractivity contribution in [3.63, 3.8) is 0 Å². The quantitative estimate of drug-likeness (QED) is 0.0325. The highest BCUT2D eigenvalue weighted by atomic mass is 31.2. The number of unbranched alkanes of at least 4 members (excludes halogenated alkanes) is 12. The van der Waals surface area contributed by atoms with Crippen molar-refractivity contribution in [2.75, 3.05) is 13.2 Å². The summed E-state index contributed by atoms with van der Waals surface area (Å²) in [5, 5.41) is 0. The summed E-state index contributed by atoms with van der Waals surface area (Å²) in [5.41, 5.74) is 0. The molecule has 1 atom stereocenters. The number of rotatable bonds is 31. The first-order valence-corrected chi connectivity index (χ1v) is 19.1. The van der Waals surface area contributed by atoms with Gasteiger partial charge in [0.1, 0.15) is 6.61 Å². The SMILES string of the molecule is CC/C=C\C/C=C\C/C=C\C/C=C\C/C=C\CC(=O)OC(COC(=O)CCCCCCCCCCCCCCC)COP(=O)(O)O. The standard InChI is InChI=1S/C37H63O8P/c1-3-5-7-9-11-13-15-17-18-20-22-24-26-28-30-32-37(39)45-35(34-44-46(40,41)42)33-43-36(38)31-29-27-25-23-21-19-16-14-12-10-8-6-4-2/h5,7,11,13,17-18,22,24,28,30,35H,3-4,6,8-10,12,14-16,19-21,23,25-27,29,31-34H2,1-2H3,(H2,40,41,42)/b7-5-,13-11-,18-17-,24-22-,30-28-. The fraction of sp³-hybridized carbons (Fsp3) is 0.676. The highest BCUT2D eigenvalue weighted by molar-refractivity contribution is 7.46. The maximum absolute atomic E-state index is 12.3. The monoisotopic (exact) mass is 666 g/mol. The zero-order valence-electron chi connectivity index (χ0n) is 28.7. The Bertz CT molecular complexity index is 932. The van der Waals surface area contributed by atoms with Crippen LogP contribution in [0.25, 0.3) is 0 Å². The van der Waals surface area contributed by atoms with E-state index in [1.165, 1.54) is 64.2 Å². The van der Waals surface area contributed by atoms with Crippen LogP contribution in [0.3, 0.4) is 0 Å². The molecule has 8 nitrogen and oxygen atoms in total. The molecule has 0 heterocycles. The van der Waals surface area contributed by atoms with Crippen LogP contribution in [0.15, 0.2) is 60.8 Å². The molecule has 0 spiro atoms. The first kappa shape index (κ1) is 43.8. The van der Waals surface area contributed by atoms with Gasteiger partial charge in [-0.15, -0.1) is 0 Å². The number of hydrogen-bond acceptors (Lipinski definition) is 6. The molecule has 0 aliphatic rings. The summed E-state index contributed by atoms with van der Waals surface area (Å²) in [4.78, 5) is 42.5. The van der Waals surface area contributed by atoms with Crippen molar-refractivity contribution < 1.29 is 37.9 Å². The first-order chi connectivity index (χ1) is 22.3. The minimum atomic E-state index is -4.77. The Labute approximate surface area is 279 Å². The number of allylic oxidation sites excluding steroid dienone is 9. The van der Waals surface area contributed by atoms with Gasteiger partial charge in [-0.05, 0) is 38.5 Å². The number of hydrogen-bond donors (Lipinski definition) is 2. The molecule has 0 rings (SSSR count). The topological polar surface area (TPSA) is 119 Å². The number of ether oxygens (including phenoxy) is 2.